The molecule has 3 aromatic carbocycles. The first kappa shape index (κ1) is 19.1. The molecule has 0 aliphatic heterocycles. The van der Waals surface area contributed by atoms with Gasteiger partial charge in [0.25, 0.3) is 0 Å². The number of benzene rings is 3. The zero-order valence-corrected chi connectivity index (χ0v) is 18.9. The molecule has 29 heavy (non-hydrogen) atoms. The normalized spacial score (nSPS) is 11.8. The topological polar surface area (TPSA) is 41.8 Å². The van der Waals surface area contributed by atoms with Crippen molar-refractivity contribution in [1.82, 2.24) is 4.98 Å². The fraction of sp³-hybridized carbons (Fsp3) is 0.167. The van der Waals surface area contributed by atoms with Gasteiger partial charge in [0.05, 0.1) is 10.5 Å². The number of halogens is 2. The Kier molecular flexibility index (Phi) is 5.12. The fourth-order valence-electron chi connectivity index (χ4n) is 4.11. The van der Waals surface area contributed by atoms with Crippen molar-refractivity contribution in [3.8, 4) is 11.3 Å². The van der Waals surface area contributed by atoms with Crippen LogP contribution >= 0.6 is 38.9 Å². The van der Waals surface area contributed by atoms with Crippen LogP contribution in [0.15, 0.2) is 59.1 Å². The molecule has 0 saturated carbocycles. The van der Waals surface area contributed by atoms with E-state index in [2.05, 4.69) is 69.4 Å². The lowest BCUT2D eigenvalue weighted by Crippen LogP contribution is -1.99. The second-order valence-electron chi connectivity index (χ2n) is 7.34. The van der Waals surface area contributed by atoms with E-state index < -0.39 is 0 Å². The number of unbranched alkanes of at least 4 members (excludes halogenated alkanes) is 1. The molecule has 0 radical (unpaired) electrons. The molecule has 0 bridgehead atoms. The number of hydrogen-bond acceptors (Lipinski definition) is 2. The van der Waals surface area contributed by atoms with Crippen molar-refractivity contribution in [2.24, 2.45) is 5.73 Å². The maximum absolute atomic E-state index is 6.57. The van der Waals surface area contributed by atoms with Crippen LogP contribution in [0.4, 0.5) is 0 Å². The van der Waals surface area contributed by atoms with E-state index in [1.165, 1.54) is 36.7 Å². The van der Waals surface area contributed by atoms with E-state index in [9.17, 15) is 0 Å². The van der Waals surface area contributed by atoms with Crippen molar-refractivity contribution < 1.29 is 0 Å². The largest absolute Gasteiger partial charge is 0.353 e. The van der Waals surface area contributed by atoms with Gasteiger partial charge in [0.15, 0.2) is 0 Å². The Hall–Kier alpha value is -1.85. The van der Waals surface area contributed by atoms with E-state index in [0.29, 0.717) is 0 Å². The summed E-state index contributed by atoms with van der Waals surface area (Å²) in [6, 6.07) is 19.5. The minimum atomic E-state index is 0.717. The highest BCUT2D eigenvalue weighted by molar-refractivity contribution is 9.10. The minimum absolute atomic E-state index is 0.717. The van der Waals surface area contributed by atoms with E-state index in [1.807, 2.05) is 17.4 Å². The Morgan fingerprint density at radius 2 is 1.76 bits per heavy atom. The number of nitrogens with one attached hydrogen (secondary N) is 1. The summed E-state index contributed by atoms with van der Waals surface area (Å²) in [6.07, 6.45) is 3.05. The highest BCUT2D eigenvalue weighted by Gasteiger charge is 2.17. The van der Waals surface area contributed by atoms with Crippen LogP contribution in [-0.4, -0.2) is 11.5 Å². The predicted octanol–water partition coefficient (Wildman–Crippen LogP) is 7.90. The standard InChI is InChI=1S/C24H20BrClN2S/c25-15-12-19-17(6-3-4-10-27)23(28-24(19)20(26)13-15)14-8-9-22-18(11-14)16-5-1-2-7-21(16)29-22/h1-2,5,7-9,11-13,28H,3-4,6,10,27H2. The molecule has 0 spiro atoms. The summed E-state index contributed by atoms with van der Waals surface area (Å²) in [5, 5.41) is 4.55. The van der Waals surface area contributed by atoms with Crippen LogP contribution in [0.3, 0.4) is 0 Å². The van der Waals surface area contributed by atoms with Crippen molar-refractivity contribution in [2.45, 2.75) is 19.3 Å². The lowest BCUT2D eigenvalue weighted by atomic mass is 9.99. The minimum Gasteiger partial charge on any atom is -0.353 e. The van der Waals surface area contributed by atoms with E-state index in [1.54, 1.807) is 0 Å². The molecule has 0 aliphatic rings. The molecule has 5 rings (SSSR count). The van der Waals surface area contributed by atoms with E-state index in [4.69, 9.17) is 17.3 Å². The van der Waals surface area contributed by atoms with Gasteiger partial charge in [-0.1, -0.05) is 51.8 Å². The van der Waals surface area contributed by atoms with Crippen molar-refractivity contribution in [3.63, 3.8) is 0 Å². The van der Waals surface area contributed by atoms with Crippen LogP contribution < -0.4 is 5.73 Å². The first-order valence-electron chi connectivity index (χ1n) is 9.77. The molecule has 2 nitrogen and oxygen atoms in total. The number of aryl methyl sites for hydroxylation is 1. The summed E-state index contributed by atoms with van der Waals surface area (Å²) in [7, 11) is 0. The summed E-state index contributed by atoms with van der Waals surface area (Å²) in [6.45, 7) is 0.717. The Morgan fingerprint density at radius 1 is 0.931 bits per heavy atom. The second kappa shape index (κ2) is 7.77. The predicted molar refractivity (Wildman–Crippen MR) is 131 cm³/mol. The van der Waals surface area contributed by atoms with E-state index in [-0.39, 0.29) is 0 Å². The summed E-state index contributed by atoms with van der Waals surface area (Å²) >= 11 is 12.0. The van der Waals surface area contributed by atoms with Gasteiger partial charge in [0, 0.05) is 35.7 Å². The first-order valence-corrected chi connectivity index (χ1v) is 11.8. The maximum atomic E-state index is 6.57. The quantitative estimate of drug-likeness (QED) is 0.245. The van der Waals surface area contributed by atoms with Crippen LogP contribution in [0.1, 0.15) is 18.4 Å². The fourth-order valence-corrected chi connectivity index (χ4v) is 6.05. The Bertz CT molecular complexity index is 1350. The van der Waals surface area contributed by atoms with Gasteiger partial charge in [0.2, 0.25) is 0 Å². The molecule has 2 heterocycles. The molecular weight excluding hydrogens is 464 g/mol. The molecule has 0 amide bonds. The average Bonchev–Trinajstić information content (AvgIpc) is 3.26. The molecule has 2 aromatic heterocycles. The van der Waals surface area contributed by atoms with Crippen molar-refractivity contribution in [3.05, 3.63) is 69.7 Å². The summed E-state index contributed by atoms with van der Waals surface area (Å²) in [4.78, 5) is 3.63. The summed E-state index contributed by atoms with van der Waals surface area (Å²) in [5.41, 5.74) is 10.4. The van der Waals surface area contributed by atoms with Gasteiger partial charge in [0.1, 0.15) is 0 Å². The SMILES string of the molecule is NCCCCc1c(-c2ccc3sc4ccccc4c3c2)[nH]c2c(Cl)cc(Br)cc12. The Balaban J connectivity index is 1.73. The third-order valence-corrected chi connectivity index (χ3v) is 7.39. The third kappa shape index (κ3) is 3.38. The monoisotopic (exact) mass is 482 g/mol. The van der Waals surface area contributed by atoms with Gasteiger partial charge in [-0.25, -0.2) is 0 Å². The highest BCUT2D eigenvalue weighted by atomic mass is 79.9. The number of aromatic nitrogens is 1. The Labute approximate surface area is 186 Å². The molecule has 0 unspecified atom stereocenters. The number of aromatic amines is 1. The number of H-pyrrole nitrogens is 1. The summed E-state index contributed by atoms with van der Waals surface area (Å²) < 4.78 is 3.64. The first-order chi connectivity index (χ1) is 14.2. The lowest BCUT2D eigenvalue weighted by molar-refractivity contribution is 0.748. The van der Waals surface area contributed by atoms with Gasteiger partial charge in [-0.3, -0.25) is 0 Å². The zero-order chi connectivity index (χ0) is 20.0. The van der Waals surface area contributed by atoms with Crippen molar-refractivity contribution >= 4 is 69.9 Å². The van der Waals surface area contributed by atoms with Gasteiger partial charge < -0.3 is 10.7 Å². The van der Waals surface area contributed by atoms with Crippen LogP contribution in [0.5, 0.6) is 0 Å². The van der Waals surface area contributed by atoms with Gasteiger partial charge in [-0.2, -0.15) is 0 Å². The molecule has 0 fully saturated rings. The van der Waals surface area contributed by atoms with E-state index in [0.717, 1.165) is 46.5 Å². The molecule has 3 N–H and O–H groups in total. The number of rotatable bonds is 5. The molecule has 146 valence electrons. The van der Waals surface area contributed by atoms with Crippen LogP contribution in [0.2, 0.25) is 5.02 Å². The molecule has 5 aromatic rings. The highest BCUT2D eigenvalue weighted by Crippen LogP contribution is 2.40. The van der Waals surface area contributed by atoms with Crippen molar-refractivity contribution in [1.29, 1.82) is 0 Å². The smallest absolute Gasteiger partial charge is 0.0658 e. The number of nitrogens with two attached hydrogens (primary N) is 1. The molecule has 0 aliphatic carbocycles. The lowest BCUT2D eigenvalue weighted by Gasteiger charge is -2.06. The van der Waals surface area contributed by atoms with E-state index >= 15 is 0 Å². The van der Waals surface area contributed by atoms with Gasteiger partial charge >= 0.3 is 0 Å². The number of fused-ring (bicyclic) bond motifs is 4. The van der Waals surface area contributed by atoms with Crippen LogP contribution in [0.25, 0.3) is 42.3 Å². The zero-order valence-electron chi connectivity index (χ0n) is 15.8. The van der Waals surface area contributed by atoms with Crippen LogP contribution in [-0.2, 0) is 6.42 Å². The molecule has 5 heteroatoms. The summed E-state index contributed by atoms with van der Waals surface area (Å²) in [5.74, 6) is 0. The van der Waals surface area contributed by atoms with Crippen molar-refractivity contribution in [2.75, 3.05) is 6.54 Å². The maximum Gasteiger partial charge on any atom is 0.0658 e. The number of hydrogen-bond donors (Lipinski definition) is 2. The second-order valence-corrected chi connectivity index (χ2v) is 9.75. The van der Waals surface area contributed by atoms with Gasteiger partial charge in [-0.15, -0.1) is 11.3 Å². The van der Waals surface area contributed by atoms with Gasteiger partial charge in [-0.05, 0) is 67.3 Å². The molecule has 0 atom stereocenters. The number of thiophene rings is 1. The Morgan fingerprint density at radius 3 is 2.62 bits per heavy atom. The third-order valence-electron chi connectivity index (χ3n) is 5.48. The average molecular weight is 484 g/mol. The molecular formula is C24H20BrClN2S. The molecule has 0 saturated heterocycles. The van der Waals surface area contributed by atoms with Crippen LogP contribution in [0, 0.1) is 0 Å².